The Morgan fingerprint density at radius 2 is 1.76 bits per heavy atom. The summed E-state index contributed by atoms with van der Waals surface area (Å²) in [6.07, 6.45) is 0. The number of Topliss-reactive ketones (excluding diaryl/α,β-unsaturated/α-hetero) is 2. The Morgan fingerprint density at radius 3 is 2.48 bits per heavy atom. The molecular weight excluding hydrogens is 374 g/mol. The van der Waals surface area contributed by atoms with Crippen molar-refractivity contribution in [2.75, 3.05) is 13.7 Å². The minimum absolute atomic E-state index is 0.000216. The number of phenols is 1. The number of ketones is 2. The maximum absolute atomic E-state index is 13.4. The van der Waals surface area contributed by atoms with Crippen molar-refractivity contribution in [1.29, 1.82) is 0 Å². The Kier molecular flexibility index (Phi) is 3.61. The highest BCUT2D eigenvalue weighted by Crippen LogP contribution is 2.46. The number of hydrogen-bond acceptors (Lipinski definition) is 7. The van der Waals surface area contributed by atoms with E-state index in [-0.39, 0.29) is 46.5 Å². The van der Waals surface area contributed by atoms with Crippen molar-refractivity contribution in [3.05, 3.63) is 81.7 Å². The average molecular weight is 389 g/mol. The minimum Gasteiger partial charge on any atom is -0.504 e. The topological polar surface area (TPSA) is 102 Å². The largest absolute Gasteiger partial charge is 0.504 e. The number of aromatic hydroxyl groups is 1. The summed E-state index contributed by atoms with van der Waals surface area (Å²) in [6.45, 7) is -0.000216. The van der Waals surface area contributed by atoms with E-state index >= 15 is 0 Å². The van der Waals surface area contributed by atoms with Crippen LogP contribution in [0.3, 0.4) is 0 Å². The van der Waals surface area contributed by atoms with Crippen LogP contribution in [0.25, 0.3) is 0 Å². The number of methoxy groups -OCH3 is 1. The Bertz CT molecular complexity index is 1190. The molecule has 2 aliphatic heterocycles. The maximum atomic E-state index is 13.4. The van der Waals surface area contributed by atoms with Crippen LogP contribution in [0.4, 0.5) is 0 Å². The average Bonchev–Trinajstić information content (AvgIpc) is 3.11. The van der Waals surface area contributed by atoms with Crippen LogP contribution in [-0.4, -0.2) is 36.4 Å². The smallest absolute Gasteiger partial charge is 0.337 e. The van der Waals surface area contributed by atoms with Crippen molar-refractivity contribution in [3.63, 3.8) is 0 Å². The van der Waals surface area contributed by atoms with E-state index < -0.39 is 11.9 Å². The van der Waals surface area contributed by atoms with Gasteiger partial charge in [0.15, 0.2) is 17.3 Å². The lowest BCUT2D eigenvalue weighted by Gasteiger charge is -2.32. The van der Waals surface area contributed by atoms with E-state index in [0.29, 0.717) is 22.4 Å². The first-order valence-electron chi connectivity index (χ1n) is 8.98. The van der Waals surface area contributed by atoms with Crippen LogP contribution in [0.2, 0.25) is 0 Å². The molecule has 144 valence electrons. The van der Waals surface area contributed by atoms with Gasteiger partial charge in [0.1, 0.15) is 6.61 Å². The summed E-state index contributed by atoms with van der Waals surface area (Å²) >= 11 is 0. The molecule has 0 radical (unpaired) electrons. The summed E-state index contributed by atoms with van der Waals surface area (Å²) in [7, 11) is 1.41. The molecule has 0 saturated heterocycles. The summed E-state index contributed by atoms with van der Waals surface area (Å²) in [4.78, 5) is 39.0. The highest BCUT2D eigenvalue weighted by molar-refractivity contribution is 6.28. The summed E-state index contributed by atoms with van der Waals surface area (Å²) in [5, 5.41) is 12.9. The first kappa shape index (κ1) is 17.2. The van der Waals surface area contributed by atoms with Crippen LogP contribution in [0.1, 0.15) is 32.2 Å². The van der Waals surface area contributed by atoms with Gasteiger partial charge in [0, 0.05) is 22.6 Å². The van der Waals surface area contributed by atoms with Crippen molar-refractivity contribution in [1.82, 2.24) is 5.32 Å². The molecule has 0 fully saturated rings. The molecule has 0 bridgehead atoms. The molecule has 0 saturated carbocycles. The third-order valence-corrected chi connectivity index (χ3v) is 5.44. The fraction of sp³-hybridized carbons (Fsp3) is 0.136. The summed E-state index contributed by atoms with van der Waals surface area (Å²) < 4.78 is 10.4. The van der Waals surface area contributed by atoms with Gasteiger partial charge in [0.25, 0.3) is 0 Å². The zero-order chi connectivity index (χ0) is 20.3. The number of fused-ring (bicyclic) bond motifs is 1. The molecule has 5 rings (SSSR count). The Balaban J connectivity index is 1.76. The molecule has 0 spiro atoms. The van der Waals surface area contributed by atoms with Gasteiger partial charge in [-0.2, -0.15) is 0 Å². The van der Waals surface area contributed by atoms with E-state index in [0.717, 1.165) is 0 Å². The zero-order valence-corrected chi connectivity index (χ0v) is 15.3. The van der Waals surface area contributed by atoms with E-state index in [1.165, 1.54) is 13.2 Å². The lowest BCUT2D eigenvalue weighted by Crippen LogP contribution is -2.37. The van der Waals surface area contributed by atoms with Crippen LogP contribution in [0.15, 0.2) is 65.0 Å². The molecule has 29 heavy (non-hydrogen) atoms. The summed E-state index contributed by atoms with van der Waals surface area (Å²) in [5.74, 6) is -1.86. The predicted octanol–water partition coefficient (Wildman–Crippen LogP) is 2.23. The van der Waals surface area contributed by atoms with Gasteiger partial charge in [-0.25, -0.2) is 4.79 Å². The van der Waals surface area contributed by atoms with Crippen molar-refractivity contribution >= 4 is 17.5 Å². The standard InChI is InChI=1S/C22H15NO6/c1-28-15-8-10(6-7-14(15)24)16-17-13(9-29-22(17)27)23-19-18(16)20(25)11-4-2-3-5-12(11)21(19)26/h2-8,16,23-24H,9H2,1H3. The van der Waals surface area contributed by atoms with E-state index in [4.69, 9.17) is 9.47 Å². The van der Waals surface area contributed by atoms with E-state index in [9.17, 15) is 19.5 Å². The van der Waals surface area contributed by atoms with Crippen molar-refractivity contribution in [2.45, 2.75) is 5.92 Å². The van der Waals surface area contributed by atoms with Crippen LogP contribution in [0.5, 0.6) is 11.5 Å². The number of ether oxygens (including phenoxy) is 2. The number of allylic oxidation sites excluding steroid dienone is 2. The normalized spacial score (nSPS) is 20.0. The van der Waals surface area contributed by atoms with E-state index in [2.05, 4.69) is 5.32 Å². The Labute approximate surface area is 165 Å². The molecule has 0 aromatic heterocycles. The number of esters is 1. The van der Waals surface area contributed by atoms with E-state index in [1.54, 1.807) is 36.4 Å². The van der Waals surface area contributed by atoms with Gasteiger partial charge in [-0.15, -0.1) is 0 Å². The van der Waals surface area contributed by atoms with Gasteiger partial charge < -0.3 is 19.9 Å². The molecule has 7 nitrogen and oxygen atoms in total. The van der Waals surface area contributed by atoms with Gasteiger partial charge in [-0.1, -0.05) is 30.3 Å². The zero-order valence-electron chi connectivity index (χ0n) is 15.3. The maximum Gasteiger partial charge on any atom is 0.337 e. The predicted molar refractivity (Wildman–Crippen MR) is 101 cm³/mol. The van der Waals surface area contributed by atoms with Gasteiger partial charge in [0.2, 0.25) is 5.78 Å². The number of rotatable bonds is 2. The SMILES string of the molecule is COc1cc(C2C3=C(COC3=O)NC3=C2C(=O)c2ccccc2C3=O)ccc1O. The fourth-order valence-corrected chi connectivity index (χ4v) is 4.11. The number of cyclic esters (lactones) is 1. The molecule has 1 unspecified atom stereocenters. The second-order valence-corrected chi connectivity index (χ2v) is 6.95. The Morgan fingerprint density at radius 1 is 1.03 bits per heavy atom. The molecule has 1 atom stereocenters. The van der Waals surface area contributed by atoms with Crippen molar-refractivity contribution < 1.29 is 29.0 Å². The molecule has 2 heterocycles. The lowest BCUT2D eigenvalue weighted by molar-refractivity contribution is -0.136. The van der Waals surface area contributed by atoms with Gasteiger partial charge in [0.05, 0.1) is 24.1 Å². The van der Waals surface area contributed by atoms with Crippen molar-refractivity contribution in [3.8, 4) is 11.5 Å². The van der Waals surface area contributed by atoms with Crippen LogP contribution < -0.4 is 10.1 Å². The quantitative estimate of drug-likeness (QED) is 0.760. The third kappa shape index (κ3) is 2.34. The van der Waals surface area contributed by atoms with Crippen LogP contribution >= 0.6 is 0 Å². The summed E-state index contributed by atoms with van der Waals surface area (Å²) in [5.41, 5.74) is 2.26. The van der Waals surface area contributed by atoms with Gasteiger partial charge in [-0.05, 0) is 17.7 Å². The first-order valence-corrected chi connectivity index (χ1v) is 8.98. The number of carbonyl (C=O) groups is 3. The molecule has 2 aromatic rings. The molecule has 0 amide bonds. The number of phenolic OH excluding ortho intramolecular Hbond substituents is 1. The minimum atomic E-state index is -0.810. The second-order valence-electron chi connectivity index (χ2n) is 6.95. The number of hydrogen-bond donors (Lipinski definition) is 2. The van der Waals surface area contributed by atoms with Gasteiger partial charge in [-0.3, -0.25) is 9.59 Å². The number of carbonyl (C=O) groups excluding carboxylic acids is 3. The fourth-order valence-electron chi connectivity index (χ4n) is 4.11. The molecule has 2 N–H and O–H groups in total. The first-order chi connectivity index (χ1) is 14.0. The number of nitrogens with one attached hydrogen (secondary N) is 1. The van der Waals surface area contributed by atoms with Crippen LogP contribution in [0, 0.1) is 0 Å². The highest BCUT2D eigenvalue weighted by atomic mass is 16.5. The molecule has 7 heteroatoms. The summed E-state index contributed by atoms with van der Waals surface area (Å²) in [6, 6.07) is 11.2. The number of benzene rings is 2. The monoisotopic (exact) mass is 389 g/mol. The van der Waals surface area contributed by atoms with Gasteiger partial charge >= 0.3 is 5.97 Å². The van der Waals surface area contributed by atoms with Crippen LogP contribution in [-0.2, 0) is 9.53 Å². The molecule has 2 aromatic carbocycles. The number of dihydropyridines is 1. The molecule has 3 aliphatic rings. The van der Waals surface area contributed by atoms with E-state index in [1.807, 2.05) is 0 Å². The molecule has 1 aliphatic carbocycles. The molecular formula is C22H15NO6. The van der Waals surface area contributed by atoms with Crippen molar-refractivity contribution in [2.24, 2.45) is 0 Å². The third-order valence-electron chi connectivity index (χ3n) is 5.44. The second kappa shape index (κ2) is 6.07. The lowest BCUT2D eigenvalue weighted by atomic mass is 9.73. The highest BCUT2D eigenvalue weighted by Gasteiger charge is 2.46. The Hall–Kier alpha value is -3.87.